The average molecular weight is 192 g/mol. The van der Waals surface area contributed by atoms with Crippen molar-refractivity contribution in [3.05, 3.63) is 15.6 Å². The second-order valence-corrected chi connectivity index (χ2v) is 4.78. The zero-order chi connectivity index (χ0) is 9.47. The van der Waals surface area contributed by atoms with Crippen LogP contribution in [0, 0.1) is 19.3 Å². The predicted molar refractivity (Wildman–Crippen MR) is 54.5 cm³/mol. The highest BCUT2D eigenvalue weighted by atomic mass is 32.1. The van der Waals surface area contributed by atoms with E-state index in [0.29, 0.717) is 0 Å². The van der Waals surface area contributed by atoms with E-state index in [1.165, 1.54) is 6.42 Å². The molecule has 1 aromatic rings. The number of nitrogens with zero attached hydrogens (tertiary/aromatic N) is 1. The molecule has 3 heteroatoms. The van der Waals surface area contributed by atoms with Crippen molar-refractivity contribution in [3.8, 4) is 12.3 Å². The maximum absolute atomic E-state index is 6.14. The molecule has 0 aromatic carbocycles. The second kappa shape index (κ2) is 2.83. The van der Waals surface area contributed by atoms with Gasteiger partial charge >= 0.3 is 0 Å². The maximum atomic E-state index is 6.14. The van der Waals surface area contributed by atoms with Crippen LogP contribution in [-0.2, 0) is 5.54 Å². The normalized spacial score (nSPS) is 19.2. The molecule has 0 spiro atoms. The summed E-state index contributed by atoms with van der Waals surface area (Å²) in [6.45, 7) is 2.00. The van der Waals surface area contributed by atoms with Gasteiger partial charge in [-0.1, -0.05) is 0 Å². The van der Waals surface area contributed by atoms with E-state index < -0.39 is 0 Å². The summed E-state index contributed by atoms with van der Waals surface area (Å²) in [4.78, 5) is 5.49. The lowest BCUT2D eigenvalue weighted by atomic mass is 9.78. The van der Waals surface area contributed by atoms with Crippen molar-refractivity contribution in [1.82, 2.24) is 4.98 Å². The number of hydrogen-bond donors (Lipinski definition) is 1. The van der Waals surface area contributed by atoms with Crippen LogP contribution in [0.25, 0.3) is 0 Å². The first-order chi connectivity index (χ1) is 6.15. The van der Waals surface area contributed by atoms with E-state index in [4.69, 9.17) is 12.2 Å². The van der Waals surface area contributed by atoms with E-state index in [9.17, 15) is 0 Å². The number of thiazole rings is 1. The van der Waals surface area contributed by atoms with Crippen LogP contribution >= 0.6 is 11.3 Å². The van der Waals surface area contributed by atoms with Crippen molar-refractivity contribution < 1.29 is 0 Å². The number of terminal acetylenes is 1. The first-order valence-electron chi connectivity index (χ1n) is 4.39. The fourth-order valence-corrected chi connectivity index (χ4v) is 2.55. The lowest BCUT2D eigenvalue weighted by molar-refractivity contribution is 0.252. The Kier molecular flexibility index (Phi) is 1.90. The molecule has 0 saturated heterocycles. The molecule has 0 atom stereocenters. The lowest BCUT2D eigenvalue weighted by Crippen LogP contribution is -2.43. The summed E-state index contributed by atoms with van der Waals surface area (Å²) >= 11 is 1.64. The summed E-state index contributed by atoms with van der Waals surface area (Å²) in [6.07, 6.45) is 8.62. The summed E-state index contributed by atoms with van der Waals surface area (Å²) in [5.41, 5.74) is 6.74. The highest BCUT2D eigenvalue weighted by Crippen LogP contribution is 2.40. The van der Waals surface area contributed by atoms with E-state index in [1.807, 2.05) is 6.92 Å². The summed E-state index contributed by atoms with van der Waals surface area (Å²) in [7, 11) is 0. The number of hydrogen-bond acceptors (Lipinski definition) is 3. The first-order valence-corrected chi connectivity index (χ1v) is 5.21. The Hall–Kier alpha value is -0.850. The van der Waals surface area contributed by atoms with Gasteiger partial charge < -0.3 is 5.73 Å². The van der Waals surface area contributed by atoms with Crippen molar-refractivity contribution >= 4 is 11.3 Å². The van der Waals surface area contributed by atoms with E-state index >= 15 is 0 Å². The van der Waals surface area contributed by atoms with Crippen molar-refractivity contribution in [1.29, 1.82) is 0 Å². The van der Waals surface area contributed by atoms with E-state index in [-0.39, 0.29) is 5.54 Å². The molecule has 1 aliphatic carbocycles. The topological polar surface area (TPSA) is 38.9 Å². The molecule has 0 bridgehead atoms. The van der Waals surface area contributed by atoms with E-state index in [0.717, 1.165) is 28.4 Å². The minimum Gasteiger partial charge on any atom is -0.319 e. The van der Waals surface area contributed by atoms with Crippen molar-refractivity contribution in [2.24, 2.45) is 5.73 Å². The molecule has 2 N–H and O–H groups in total. The molecular formula is C10H12N2S. The van der Waals surface area contributed by atoms with Crippen LogP contribution in [0.15, 0.2) is 0 Å². The molecule has 2 rings (SSSR count). The van der Waals surface area contributed by atoms with Crippen molar-refractivity contribution in [3.63, 3.8) is 0 Å². The number of rotatable bonds is 1. The first kappa shape index (κ1) is 8.74. The van der Waals surface area contributed by atoms with Gasteiger partial charge in [0.2, 0.25) is 0 Å². The summed E-state index contributed by atoms with van der Waals surface area (Å²) in [6, 6.07) is 0. The zero-order valence-electron chi connectivity index (χ0n) is 7.63. The molecule has 0 aliphatic heterocycles. The summed E-state index contributed by atoms with van der Waals surface area (Å²) in [5, 5.41) is 1.02. The van der Waals surface area contributed by atoms with Crippen LogP contribution in [-0.4, -0.2) is 4.98 Å². The van der Waals surface area contributed by atoms with Gasteiger partial charge in [0.05, 0.1) is 5.54 Å². The van der Waals surface area contributed by atoms with Gasteiger partial charge in [-0.2, -0.15) is 0 Å². The number of aromatic nitrogens is 1. The molecule has 68 valence electrons. The number of aryl methyl sites for hydroxylation is 1. The summed E-state index contributed by atoms with van der Waals surface area (Å²) in [5.74, 6) is 2.58. The molecule has 1 saturated carbocycles. The quantitative estimate of drug-likeness (QED) is 0.689. The van der Waals surface area contributed by atoms with Crippen LogP contribution in [0.2, 0.25) is 0 Å². The van der Waals surface area contributed by atoms with Gasteiger partial charge in [-0.05, 0) is 32.1 Å². The number of nitrogens with two attached hydrogens (primary N) is 1. The Morgan fingerprint density at radius 1 is 1.62 bits per heavy atom. The van der Waals surface area contributed by atoms with Crippen molar-refractivity contribution in [2.75, 3.05) is 0 Å². The Balaban J connectivity index is 2.37. The smallest absolute Gasteiger partial charge is 0.127 e. The Bertz CT molecular complexity index is 369. The Morgan fingerprint density at radius 3 is 2.69 bits per heavy atom. The largest absolute Gasteiger partial charge is 0.319 e. The zero-order valence-corrected chi connectivity index (χ0v) is 8.45. The molecule has 1 aromatic heterocycles. The third-order valence-electron chi connectivity index (χ3n) is 2.61. The fraction of sp³-hybridized carbons (Fsp3) is 0.500. The maximum Gasteiger partial charge on any atom is 0.127 e. The third-order valence-corrected chi connectivity index (χ3v) is 3.80. The SMILES string of the molecule is C#Cc1nc(C2(N)CCC2)sc1C. The molecule has 0 radical (unpaired) electrons. The van der Waals surface area contributed by atoms with Gasteiger partial charge in [0.1, 0.15) is 10.7 Å². The van der Waals surface area contributed by atoms with Gasteiger partial charge in [-0.25, -0.2) is 4.98 Å². The lowest BCUT2D eigenvalue weighted by Gasteiger charge is -2.35. The van der Waals surface area contributed by atoms with Gasteiger partial charge in [0.25, 0.3) is 0 Å². The Morgan fingerprint density at radius 2 is 2.31 bits per heavy atom. The molecule has 1 aliphatic rings. The van der Waals surface area contributed by atoms with Crippen LogP contribution in [0.5, 0.6) is 0 Å². The molecular weight excluding hydrogens is 180 g/mol. The van der Waals surface area contributed by atoms with E-state index in [2.05, 4.69) is 10.9 Å². The van der Waals surface area contributed by atoms with Gasteiger partial charge in [-0.3, -0.25) is 0 Å². The monoisotopic (exact) mass is 192 g/mol. The second-order valence-electron chi connectivity index (χ2n) is 3.58. The fourth-order valence-electron chi connectivity index (χ4n) is 1.51. The minimum absolute atomic E-state index is 0.162. The molecule has 13 heavy (non-hydrogen) atoms. The average Bonchev–Trinajstić information content (AvgIpc) is 2.43. The predicted octanol–water partition coefficient (Wildman–Crippen LogP) is 1.77. The molecule has 2 nitrogen and oxygen atoms in total. The standard InChI is InChI=1S/C10H12N2S/c1-3-8-7(2)13-9(12-8)10(11)5-4-6-10/h1H,4-6,11H2,2H3. The highest BCUT2D eigenvalue weighted by Gasteiger charge is 2.37. The highest BCUT2D eigenvalue weighted by molar-refractivity contribution is 7.11. The summed E-state index contributed by atoms with van der Waals surface area (Å²) < 4.78 is 0. The van der Waals surface area contributed by atoms with Crippen LogP contribution < -0.4 is 5.73 Å². The third kappa shape index (κ3) is 1.27. The van der Waals surface area contributed by atoms with Crippen molar-refractivity contribution in [2.45, 2.75) is 31.7 Å². The van der Waals surface area contributed by atoms with Crippen LogP contribution in [0.4, 0.5) is 0 Å². The molecule has 1 fully saturated rings. The van der Waals surface area contributed by atoms with Crippen LogP contribution in [0.3, 0.4) is 0 Å². The Labute approximate surface area is 82.2 Å². The van der Waals surface area contributed by atoms with Gasteiger partial charge in [0.15, 0.2) is 0 Å². The molecule has 0 unspecified atom stereocenters. The van der Waals surface area contributed by atoms with Crippen LogP contribution in [0.1, 0.15) is 34.8 Å². The molecule has 0 amide bonds. The van der Waals surface area contributed by atoms with E-state index in [1.54, 1.807) is 11.3 Å². The van der Waals surface area contributed by atoms with Gasteiger partial charge in [0, 0.05) is 4.88 Å². The van der Waals surface area contributed by atoms with Gasteiger partial charge in [-0.15, -0.1) is 17.8 Å². The molecule has 1 heterocycles. The minimum atomic E-state index is -0.162.